The number of pyridine rings is 1. The first-order valence-electron chi connectivity index (χ1n) is 8.03. The minimum atomic E-state index is -0.637. The standard InChI is InChI=1S/C19H17N3O3/c1-10-9-11-3-2-4-14-16(11)22(10)19(25)15(17(14)23)18(24)21-13-7-5-12(20)6-8-13/h2-8,10,23H,9,20H2,1H3,(H,21,24)/t10-/m1/s1. The lowest BCUT2D eigenvalue weighted by atomic mass is 10.1. The third kappa shape index (κ3) is 2.26. The van der Waals surface area contributed by atoms with Crippen LogP contribution in [-0.2, 0) is 6.42 Å². The summed E-state index contributed by atoms with van der Waals surface area (Å²) in [5.74, 6) is -0.914. The van der Waals surface area contributed by atoms with Crippen LogP contribution in [0.5, 0.6) is 5.75 Å². The average molecular weight is 335 g/mol. The van der Waals surface area contributed by atoms with Gasteiger partial charge < -0.3 is 20.7 Å². The number of para-hydroxylation sites is 1. The maximum Gasteiger partial charge on any atom is 0.268 e. The molecule has 2 heterocycles. The molecular formula is C19H17N3O3. The van der Waals surface area contributed by atoms with Crippen LogP contribution < -0.4 is 16.6 Å². The van der Waals surface area contributed by atoms with Crippen molar-refractivity contribution in [2.24, 2.45) is 0 Å². The monoisotopic (exact) mass is 335 g/mol. The lowest BCUT2D eigenvalue weighted by Gasteiger charge is -2.14. The van der Waals surface area contributed by atoms with Gasteiger partial charge in [0.25, 0.3) is 11.5 Å². The summed E-state index contributed by atoms with van der Waals surface area (Å²) in [6.45, 7) is 1.93. The topological polar surface area (TPSA) is 97.3 Å². The molecule has 0 saturated carbocycles. The minimum Gasteiger partial charge on any atom is -0.506 e. The van der Waals surface area contributed by atoms with Crippen molar-refractivity contribution in [3.05, 3.63) is 63.9 Å². The summed E-state index contributed by atoms with van der Waals surface area (Å²) in [5, 5.41) is 13.8. The van der Waals surface area contributed by atoms with Crippen LogP contribution in [0, 0.1) is 0 Å². The number of amides is 1. The molecule has 6 heteroatoms. The van der Waals surface area contributed by atoms with E-state index in [1.807, 2.05) is 19.1 Å². The van der Waals surface area contributed by atoms with Gasteiger partial charge in [0.15, 0.2) is 0 Å². The van der Waals surface area contributed by atoms with E-state index in [1.165, 1.54) is 0 Å². The Balaban J connectivity index is 1.87. The fourth-order valence-electron chi connectivity index (χ4n) is 3.48. The highest BCUT2D eigenvalue weighted by Gasteiger charge is 2.29. The Kier molecular flexibility index (Phi) is 3.28. The van der Waals surface area contributed by atoms with Crippen molar-refractivity contribution < 1.29 is 9.90 Å². The van der Waals surface area contributed by atoms with Crippen LogP contribution in [0.3, 0.4) is 0 Å². The zero-order valence-corrected chi connectivity index (χ0v) is 13.6. The predicted octanol–water partition coefficient (Wildman–Crippen LogP) is 2.66. The molecule has 126 valence electrons. The number of nitrogens with one attached hydrogen (secondary N) is 1. The number of anilines is 2. The summed E-state index contributed by atoms with van der Waals surface area (Å²) in [6, 6.07) is 12.0. The van der Waals surface area contributed by atoms with Crippen LogP contribution in [0.2, 0.25) is 0 Å². The number of aromatic nitrogens is 1. The molecule has 3 aromatic rings. The normalized spacial score (nSPS) is 15.5. The molecule has 1 aliphatic rings. The molecule has 4 N–H and O–H groups in total. The quantitative estimate of drug-likeness (QED) is 0.627. The van der Waals surface area contributed by atoms with Gasteiger partial charge in [-0.2, -0.15) is 0 Å². The second-order valence-corrected chi connectivity index (χ2v) is 6.34. The highest BCUT2D eigenvalue weighted by molar-refractivity contribution is 6.09. The van der Waals surface area contributed by atoms with Crippen molar-refractivity contribution in [3.8, 4) is 5.75 Å². The van der Waals surface area contributed by atoms with Gasteiger partial charge in [-0.3, -0.25) is 9.59 Å². The number of benzene rings is 2. The molecule has 0 spiro atoms. The lowest BCUT2D eigenvalue weighted by Crippen LogP contribution is -2.30. The van der Waals surface area contributed by atoms with E-state index in [9.17, 15) is 14.7 Å². The summed E-state index contributed by atoms with van der Waals surface area (Å²) >= 11 is 0. The molecule has 0 radical (unpaired) electrons. The SMILES string of the molecule is C[C@@H]1Cc2cccc3c(O)c(C(=O)Nc4ccc(N)cc4)c(=O)n1c23. The molecule has 2 aromatic carbocycles. The Morgan fingerprint density at radius 1 is 1.24 bits per heavy atom. The highest BCUT2D eigenvalue weighted by atomic mass is 16.3. The van der Waals surface area contributed by atoms with Gasteiger partial charge in [0.2, 0.25) is 0 Å². The Morgan fingerprint density at radius 3 is 2.68 bits per heavy atom. The van der Waals surface area contributed by atoms with Crippen molar-refractivity contribution >= 4 is 28.2 Å². The van der Waals surface area contributed by atoms with E-state index in [-0.39, 0.29) is 17.4 Å². The molecule has 4 rings (SSSR count). The minimum absolute atomic E-state index is 0.0592. The molecule has 25 heavy (non-hydrogen) atoms. The molecule has 6 nitrogen and oxygen atoms in total. The van der Waals surface area contributed by atoms with Crippen LogP contribution in [0.1, 0.15) is 28.9 Å². The fraction of sp³-hybridized carbons (Fsp3) is 0.158. The van der Waals surface area contributed by atoms with E-state index in [4.69, 9.17) is 5.73 Å². The van der Waals surface area contributed by atoms with Gasteiger partial charge in [-0.1, -0.05) is 12.1 Å². The number of rotatable bonds is 2. The van der Waals surface area contributed by atoms with Gasteiger partial charge in [0.05, 0.1) is 5.52 Å². The van der Waals surface area contributed by atoms with Crippen LogP contribution in [-0.4, -0.2) is 15.6 Å². The van der Waals surface area contributed by atoms with Gasteiger partial charge in [0.1, 0.15) is 11.3 Å². The molecule has 0 aliphatic carbocycles. The molecule has 1 aromatic heterocycles. The number of nitrogens with two attached hydrogens (primary N) is 1. The maximum atomic E-state index is 12.9. The average Bonchev–Trinajstić information content (AvgIpc) is 2.92. The predicted molar refractivity (Wildman–Crippen MR) is 97.1 cm³/mol. The molecular weight excluding hydrogens is 318 g/mol. The summed E-state index contributed by atoms with van der Waals surface area (Å²) in [4.78, 5) is 25.5. The molecule has 1 atom stereocenters. The Hall–Kier alpha value is -3.28. The van der Waals surface area contributed by atoms with Crippen molar-refractivity contribution in [1.82, 2.24) is 4.57 Å². The summed E-state index contributed by atoms with van der Waals surface area (Å²) in [5.41, 5.74) is 7.70. The zero-order chi connectivity index (χ0) is 17.7. The van der Waals surface area contributed by atoms with Gasteiger partial charge in [-0.15, -0.1) is 0 Å². The first-order chi connectivity index (χ1) is 12.0. The van der Waals surface area contributed by atoms with Crippen molar-refractivity contribution in [2.75, 3.05) is 11.1 Å². The number of aromatic hydroxyl groups is 1. The second-order valence-electron chi connectivity index (χ2n) is 6.34. The maximum absolute atomic E-state index is 12.9. The van der Waals surface area contributed by atoms with Gasteiger partial charge in [-0.25, -0.2) is 0 Å². The summed E-state index contributed by atoms with van der Waals surface area (Å²) in [6.07, 6.45) is 0.703. The zero-order valence-electron chi connectivity index (χ0n) is 13.6. The number of hydrogen-bond acceptors (Lipinski definition) is 4. The molecule has 0 fully saturated rings. The van der Waals surface area contributed by atoms with E-state index in [0.29, 0.717) is 28.7 Å². The number of carbonyl (C=O) groups excluding carboxylic acids is 1. The van der Waals surface area contributed by atoms with Gasteiger partial charge in [-0.05, 0) is 49.2 Å². The molecule has 1 amide bonds. The first-order valence-corrected chi connectivity index (χ1v) is 8.03. The summed E-state index contributed by atoms with van der Waals surface area (Å²) in [7, 11) is 0. The first kappa shape index (κ1) is 15.3. The van der Waals surface area contributed by atoms with Crippen molar-refractivity contribution in [3.63, 3.8) is 0 Å². The van der Waals surface area contributed by atoms with Crippen LogP contribution in [0.25, 0.3) is 10.9 Å². The molecule has 0 bridgehead atoms. The van der Waals surface area contributed by atoms with E-state index in [2.05, 4.69) is 5.32 Å². The summed E-state index contributed by atoms with van der Waals surface area (Å²) < 4.78 is 1.60. The van der Waals surface area contributed by atoms with Gasteiger partial charge in [0, 0.05) is 22.8 Å². The Labute approximate surface area is 143 Å². The van der Waals surface area contributed by atoms with Crippen molar-refractivity contribution in [1.29, 1.82) is 0 Å². The molecule has 0 unspecified atom stereocenters. The smallest absolute Gasteiger partial charge is 0.268 e. The third-order valence-electron chi connectivity index (χ3n) is 4.64. The largest absolute Gasteiger partial charge is 0.506 e. The third-order valence-corrected chi connectivity index (χ3v) is 4.64. The molecule has 0 saturated heterocycles. The fourth-order valence-corrected chi connectivity index (χ4v) is 3.48. The number of nitrogen functional groups attached to an aromatic ring is 1. The number of hydrogen-bond donors (Lipinski definition) is 3. The van der Waals surface area contributed by atoms with E-state index in [0.717, 1.165) is 5.56 Å². The number of nitrogens with zero attached hydrogens (tertiary/aromatic N) is 1. The Morgan fingerprint density at radius 2 is 1.96 bits per heavy atom. The Bertz CT molecular complexity index is 1070. The van der Waals surface area contributed by atoms with Gasteiger partial charge >= 0.3 is 0 Å². The highest BCUT2D eigenvalue weighted by Crippen LogP contribution is 2.36. The molecule has 1 aliphatic heterocycles. The lowest BCUT2D eigenvalue weighted by molar-refractivity contribution is 0.102. The van der Waals surface area contributed by atoms with Crippen LogP contribution in [0.4, 0.5) is 11.4 Å². The van der Waals surface area contributed by atoms with Crippen molar-refractivity contribution in [2.45, 2.75) is 19.4 Å². The van der Waals surface area contributed by atoms with E-state index >= 15 is 0 Å². The number of carbonyl (C=O) groups is 1. The van der Waals surface area contributed by atoms with E-state index in [1.54, 1.807) is 34.9 Å². The van der Waals surface area contributed by atoms with Crippen LogP contribution >= 0.6 is 0 Å². The van der Waals surface area contributed by atoms with Crippen LogP contribution in [0.15, 0.2) is 47.3 Å². The van der Waals surface area contributed by atoms with E-state index < -0.39 is 11.5 Å². The second kappa shape index (κ2) is 5.37.